The molecule has 0 aliphatic rings. The summed E-state index contributed by atoms with van der Waals surface area (Å²) in [5, 5.41) is 18.7. The summed E-state index contributed by atoms with van der Waals surface area (Å²) >= 11 is 0. The molecule has 0 radical (unpaired) electrons. The fourth-order valence-electron chi connectivity index (χ4n) is 2.95. The Kier molecular flexibility index (Phi) is 4.85. The van der Waals surface area contributed by atoms with Gasteiger partial charge < -0.3 is 15.4 Å². The van der Waals surface area contributed by atoms with Crippen molar-refractivity contribution >= 4 is 39.6 Å². The largest absolute Gasteiger partial charge is 0.495 e. The number of aromatic nitrogens is 3. The molecule has 0 aliphatic heterocycles. The standard InChI is InChI=1S/C20H16N6O3/c1-29-17-10-3-2-7-16(17)25-20-18(26(27)28)19(22-12-23-20)24-15-9-4-8-14-13(15)6-5-11-21-14/h2-12H,1H3,(H2,22,23,24,25). The lowest BCUT2D eigenvalue weighted by molar-refractivity contribution is -0.383. The van der Waals surface area contributed by atoms with Crippen LogP contribution in [0.1, 0.15) is 0 Å². The first-order valence-electron chi connectivity index (χ1n) is 8.67. The lowest BCUT2D eigenvalue weighted by atomic mass is 10.2. The van der Waals surface area contributed by atoms with E-state index in [1.165, 1.54) is 13.4 Å². The molecule has 0 saturated heterocycles. The summed E-state index contributed by atoms with van der Waals surface area (Å²) in [6.07, 6.45) is 2.95. The van der Waals surface area contributed by atoms with E-state index in [1.54, 1.807) is 36.5 Å². The molecule has 2 aromatic carbocycles. The molecule has 2 N–H and O–H groups in total. The van der Waals surface area contributed by atoms with Gasteiger partial charge in [-0.3, -0.25) is 15.1 Å². The summed E-state index contributed by atoms with van der Waals surface area (Å²) in [5.41, 5.74) is 1.69. The Morgan fingerprint density at radius 2 is 1.62 bits per heavy atom. The highest BCUT2D eigenvalue weighted by Gasteiger charge is 2.24. The molecular formula is C20H16N6O3. The van der Waals surface area contributed by atoms with Crippen molar-refractivity contribution in [2.75, 3.05) is 17.7 Å². The molecule has 9 heteroatoms. The Labute approximate surface area is 165 Å². The maximum absolute atomic E-state index is 11.8. The second kappa shape index (κ2) is 7.77. The van der Waals surface area contributed by atoms with Gasteiger partial charge in [0.15, 0.2) is 0 Å². The molecule has 4 aromatic rings. The summed E-state index contributed by atoms with van der Waals surface area (Å²) in [4.78, 5) is 23.8. The number of pyridine rings is 1. The molecular weight excluding hydrogens is 372 g/mol. The van der Waals surface area contributed by atoms with Gasteiger partial charge in [-0.05, 0) is 36.4 Å². The topological polar surface area (TPSA) is 115 Å². The molecule has 0 atom stereocenters. The van der Waals surface area contributed by atoms with Gasteiger partial charge in [0, 0.05) is 17.3 Å². The van der Waals surface area contributed by atoms with Gasteiger partial charge in [0.2, 0.25) is 11.6 Å². The van der Waals surface area contributed by atoms with Gasteiger partial charge in [0.1, 0.15) is 12.1 Å². The number of hydrogen-bond donors (Lipinski definition) is 2. The molecule has 0 amide bonds. The van der Waals surface area contributed by atoms with Crippen LogP contribution in [0.5, 0.6) is 5.75 Å². The summed E-state index contributed by atoms with van der Waals surface area (Å²) in [6.45, 7) is 0. The maximum atomic E-state index is 11.8. The molecule has 29 heavy (non-hydrogen) atoms. The molecule has 0 unspecified atom stereocenters. The second-order valence-electron chi connectivity index (χ2n) is 6.00. The first kappa shape index (κ1) is 18.1. The Bertz CT molecular complexity index is 1190. The van der Waals surface area contributed by atoms with Crippen molar-refractivity contribution in [1.29, 1.82) is 0 Å². The molecule has 0 spiro atoms. The van der Waals surface area contributed by atoms with Gasteiger partial charge in [-0.2, -0.15) is 0 Å². The number of ether oxygens (including phenoxy) is 1. The summed E-state index contributed by atoms with van der Waals surface area (Å²) < 4.78 is 5.29. The van der Waals surface area contributed by atoms with Crippen LogP contribution in [0.25, 0.3) is 10.9 Å². The Morgan fingerprint density at radius 3 is 2.38 bits per heavy atom. The van der Waals surface area contributed by atoms with E-state index >= 15 is 0 Å². The molecule has 0 bridgehead atoms. The Hall–Kier alpha value is -4.27. The molecule has 4 rings (SSSR count). The third kappa shape index (κ3) is 3.61. The minimum Gasteiger partial charge on any atom is -0.495 e. The lowest BCUT2D eigenvalue weighted by Gasteiger charge is -2.13. The molecule has 2 heterocycles. The molecule has 0 fully saturated rings. The van der Waals surface area contributed by atoms with Gasteiger partial charge in [0.05, 0.1) is 23.2 Å². The van der Waals surface area contributed by atoms with Crippen molar-refractivity contribution in [2.45, 2.75) is 0 Å². The highest BCUT2D eigenvalue weighted by molar-refractivity contribution is 5.94. The van der Waals surface area contributed by atoms with Crippen molar-refractivity contribution in [3.05, 3.63) is 77.2 Å². The summed E-state index contributed by atoms with van der Waals surface area (Å²) in [6, 6.07) is 16.3. The average Bonchev–Trinajstić information content (AvgIpc) is 2.74. The van der Waals surface area contributed by atoms with Crippen LogP contribution in [0.3, 0.4) is 0 Å². The maximum Gasteiger partial charge on any atom is 0.353 e. The van der Waals surface area contributed by atoms with Crippen molar-refractivity contribution < 1.29 is 9.66 Å². The fraction of sp³-hybridized carbons (Fsp3) is 0.0500. The Balaban J connectivity index is 1.77. The van der Waals surface area contributed by atoms with Crippen molar-refractivity contribution in [1.82, 2.24) is 15.0 Å². The summed E-state index contributed by atoms with van der Waals surface area (Å²) in [7, 11) is 1.52. The minimum absolute atomic E-state index is 0.0513. The third-order valence-corrected chi connectivity index (χ3v) is 4.26. The number of methoxy groups -OCH3 is 1. The number of anilines is 4. The Morgan fingerprint density at radius 1 is 0.897 bits per heavy atom. The van der Waals surface area contributed by atoms with Crippen LogP contribution < -0.4 is 15.4 Å². The molecule has 9 nitrogen and oxygen atoms in total. The smallest absolute Gasteiger partial charge is 0.353 e. The van der Waals surface area contributed by atoms with Gasteiger partial charge in [0.25, 0.3) is 0 Å². The minimum atomic E-state index is -0.524. The first-order chi connectivity index (χ1) is 14.2. The van der Waals surface area contributed by atoms with E-state index in [0.29, 0.717) is 17.1 Å². The van der Waals surface area contributed by atoms with Crippen LogP contribution in [0.15, 0.2) is 67.1 Å². The van der Waals surface area contributed by atoms with Crippen molar-refractivity contribution in [3.63, 3.8) is 0 Å². The number of nitro groups is 1. The van der Waals surface area contributed by atoms with E-state index in [2.05, 4.69) is 25.6 Å². The fourth-order valence-corrected chi connectivity index (χ4v) is 2.95. The van der Waals surface area contributed by atoms with Gasteiger partial charge >= 0.3 is 5.69 Å². The first-order valence-corrected chi connectivity index (χ1v) is 8.67. The van der Waals surface area contributed by atoms with Gasteiger partial charge in [-0.15, -0.1) is 0 Å². The third-order valence-electron chi connectivity index (χ3n) is 4.26. The number of nitrogens with one attached hydrogen (secondary N) is 2. The zero-order valence-electron chi connectivity index (χ0n) is 15.4. The van der Waals surface area contributed by atoms with Crippen LogP contribution >= 0.6 is 0 Å². The van der Waals surface area contributed by atoms with Crippen LogP contribution in [0.2, 0.25) is 0 Å². The predicted octanol–water partition coefficient (Wildman–Crippen LogP) is 4.43. The monoisotopic (exact) mass is 388 g/mol. The number of rotatable bonds is 6. The normalized spacial score (nSPS) is 10.5. The molecule has 0 saturated carbocycles. The van der Waals surface area contributed by atoms with Crippen LogP contribution in [-0.4, -0.2) is 27.0 Å². The van der Waals surface area contributed by atoms with E-state index in [4.69, 9.17) is 4.74 Å². The molecule has 144 valence electrons. The van der Waals surface area contributed by atoms with Gasteiger partial charge in [-0.25, -0.2) is 9.97 Å². The van der Waals surface area contributed by atoms with Crippen LogP contribution in [0, 0.1) is 10.1 Å². The number of benzene rings is 2. The average molecular weight is 388 g/mol. The summed E-state index contributed by atoms with van der Waals surface area (Å²) in [5.74, 6) is 0.657. The van der Waals surface area contributed by atoms with Crippen molar-refractivity contribution in [3.8, 4) is 5.75 Å². The van der Waals surface area contributed by atoms with Crippen LogP contribution in [0.4, 0.5) is 28.7 Å². The van der Waals surface area contributed by atoms with E-state index in [-0.39, 0.29) is 17.3 Å². The van der Waals surface area contributed by atoms with E-state index < -0.39 is 4.92 Å². The van der Waals surface area contributed by atoms with E-state index in [0.717, 1.165) is 10.9 Å². The zero-order chi connectivity index (χ0) is 20.2. The number of fused-ring (bicyclic) bond motifs is 1. The highest BCUT2D eigenvalue weighted by Crippen LogP contribution is 2.36. The van der Waals surface area contributed by atoms with Crippen LogP contribution in [-0.2, 0) is 0 Å². The lowest BCUT2D eigenvalue weighted by Crippen LogP contribution is -2.06. The highest BCUT2D eigenvalue weighted by atomic mass is 16.6. The predicted molar refractivity (Wildman–Crippen MR) is 110 cm³/mol. The zero-order valence-corrected chi connectivity index (χ0v) is 15.4. The van der Waals surface area contributed by atoms with Crippen molar-refractivity contribution in [2.24, 2.45) is 0 Å². The number of hydrogen-bond acceptors (Lipinski definition) is 8. The SMILES string of the molecule is COc1ccccc1Nc1ncnc(Nc2cccc3ncccc23)c1[N+](=O)[O-]. The second-order valence-corrected chi connectivity index (χ2v) is 6.00. The molecule has 2 aromatic heterocycles. The van der Waals surface area contributed by atoms with E-state index in [9.17, 15) is 10.1 Å². The number of nitrogens with zero attached hydrogens (tertiary/aromatic N) is 4. The number of para-hydroxylation sites is 2. The van der Waals surface area contributed by atoms with Gasteiger partial charge in [-0.1, -0.05) is 18.2 Å². The molecule has 0 aliphatic carbocycles. The quantitative estimate of drug-likeness (QED) is 0.368. The van der Waals surface area contributed by atoms with E-state index in [1.807, 2.05) is 24.3 Å².